The summed E-state index contributed by atoms with van der Waals surface area (Å²) in [4.78, 5) is 19.6. The largest absolute Gasteiger partial charge is 0.466 e. The van der Waals surface area contributed by atoms with E-state index in [0.717, 1.165) is 0 Å². The fraction of sp³-hybridized carbons (Fsp3) is 0.231. The first-order valence-electron chi connectivity index (χ1n) is 9.81. The third kappa shape index (κ3) is 32.3. The Hall–Kier alpha value is -3.40. The highest BCUT2D eigenvalue weighted by atomic mass is 16.5. The summed E-state index contributed by atoms with van der Waals surface area (Å²) in [5, 5.41) is 0. The second-order valence-corrected chi connectivity index (χ2v) is 5.31. The Bertz CT molecular complexity index is 515. The molecule has 30 heavy (non-hydrogen) atoms. The van der Waals surface area contributed by atoms with Crippen LogP contribution in [0.2, 0.25) is 0 Å². The molecule has 3 aromatic carbocycles. The monoisotopic (exact) mass is 410 g/mol. The van der Waals surface area contributed by atoms with Crippen molar-refractivity contribution in [3.8, 4) is 0 Å². The van der Waals surface area contributed by atoms with E-state index in [0.29, 0.717) is 13.2 Å². The van der Waals surface area contributed by atoms with Crippen molar-refractivity contribution >= 4 is 11.9 Å². The summed E-state index contributed by atoms with van der Waals surface area (Å²) < 4.78 is 8.81. The molecule has 3 rings (SSSR count). The van der Waals surface area contributed by atoms with Crippen LogP contribution < -0.4 is 0 Å². The normalized spacial score (nSPS) is 7.87. The van der Waals surface area contributed by atoms with Gasteiger partial charge in [-0.15, -0.1) is 0 Å². The third-order valence-electron chi connectivity index (χ3n) is 2.70. The summed E-state index contributed by atoms with van der Waals surface area (Å²) in [6, 6.07) is 36.0. The van der Waals surface area contributed by atoms with Gasteiger partial charge in [0.05, 0.1) is 13.2 Å². The van der Waals surface area contributed by atoms with E-state index < -0.39 is 0 Å². The lowest BCUT2D eigenvalue weighted by molar-refractivity contribution is -0.141. The lowest BCUT2D eigenvalue weighted by Crippen LogP contribution is -1.95. The van der Waals surface area contributed by atoms with Crippen LogP contribution in [-0.4, -0.2) is 25.2 Å². The zero-order valence-electron chi connectivity index (χ0n) is 18.4. The molecule has 0 heterocycles. The summed E-state index contributed by atoms with van der Waals surface area (Å²) in [5.41, 5.74) is 0. The fourth-order valence-corrected chi connectivity index (χ4v) is 1.56. The Balaban J connectivity index is 0. The summed E-state index contributed by atoms with van der Waals surface area (Å²) in [5.74, 6) is -0.421. The summed E-state index contributed by atoms with van der Waals surface area (Å²) in [6.07, 6.45) is 0. The number of hydrogen-bond acceptors (Lipinski definition) is 4. The number of ether oxygens (including phenoxy) is 2. The van der Waals surface area contributed by atoms with Crippen LogP contribution in [0.1, 0.15) is 27.7 Å². The maximum absolute atomic E-state index is 9.82. The molecule has 0 amide bonds. The highest BCUT2D eigenvalue weighted by Crippen LogP contribution is 1.81. The van der Waals surface area contributed by atoms with Gasteiger partial charge in [0, 0.05) is 13.8 Å². The molecule has 0 spiro atoms. The number of carbonyl (C=O) groups is 2. The molecule has 3 aromatic rings. The van der Waals surface area contributed by atoms with Crippen molar-refractivity contribution in [1.29, 1.82) is 0 Å². The molecule has 0 unspecified atom stereocenters. The Morgan fingerprint density at radius 1 is 0.433 bits per heavy atom. The SMILES string of the molecule is CCOC(C)=O.CCOC(C)=O.c1ccccc1.c1ccccc1.c1ccccc1. The van der Waals surface area contributed by atoms with Crippen molar-refractivity contribution in [3.05, 3.63) is 109 Å². The Labute approximate surface area is 181 Å². The average molecular weight is 411 g/mol. The van der Waals surface area contributed by atoms with Crippen LogP contribution in [0.5, 0.6) is 0 Å². The molecule has 0 aliphatic heterocycles. The molecule has 4 nitrogen and oxygen atoms in total. The molecule has 0 aromatic heterocycles. The van der Waals surface area contributed by atoms with E-state index in [-0.39, 0.29) is 11.9 Å². The van der Waals surface area contributed by atoms with Crippen molar-refractivity contribution < 1.29 is 19.1 Å². The average Bonchev–Trinajstić information content (AvgIpc) is 2.79. The maximum Gasteiger partial charge on any atom is 0.302 e. The number of benzene rings is 3. The van der Waals surface area contributed by atoms with Gasteiger partial charge in [0.15, 0.2) is 0 Å². The quantitative estimate of drug-likeness (QED) is 0.472. The molecule has 162 valence electrons. The van der Waals surface area contributed by atoms with Gasteiger partial charge in [0.25, 0.3) is 0 Å². The first-order chi connectivity index (χ1) is 14.5. The Morgan fingerprint density at radius 2 is 0.567 bits per heavy atom. The lowest BCUT2D eigenvalue weighted by Gasteiger charge is -1.89. The van der Waals surface area contributed by atoms with Gasteiger partial charge in [0.2, 0.25) is 0 Å². The van der Waals surface area contributed by atoms with Crippen LogP contribution in [0.3, 0.4) is 0 Å². The van der Waals surface area contributed by atoms with Crippen molar-refractivity contribution in [2.75, 3.05) is 13.2 Å². The highest BCUT2D eigenvalue weighted by molar-refractivity contribution is 5.66. The lowest BCUT2D eigenvalue weighted by atomic mass is 10.4. The zero-order chi connectivity index (χ0) is 22.7. The number of rotatable bonds is 2. The van der Waals surface area contributed by atoms with E-state index in [1.54, 1.807) is 13.8 Å². The van der Waals surface area contributed by atoms with Gasteiger partial charge < -0.3 is 9.47 Å². The van der Waals surface area contributed by atoms with Gasteiger partial charge >= 0.3 is 11.9 Å². The van der Waals surface area contributed by atoms with E-state index in [1.165, 1.54) is 13.8 Å². The Kier molecular flexibility index (Phi) is 24.6. The van der Waals surface area contributed by atoms with E-state index >= 15 is 0 Å². The number of hydrogen-bond donors (Lipinski definition) is 0. The number of carbonyl (C=O) groups excluding carboxylic acids is 2. The van der Waals surface area contributed by atoms with Crippen molar-refractivity contribution in [2.24, 2.45) is 0 Å². The second-order valence-electron chi connectivity index (χ2n) is 5.31. The van der Waals surface area contributed by atoms with Gasteiger partial charge in [-0.05, 0) is 13.8 Å². The van der Waals surface area contributed by atoms with Crippen LogP contribution in [0.25, 0.3) is 0 Å². The van der Waals surface area contributed by atoms with Gasteiger partial charge in [-0.3, -0.25) is 9.59 Å². The minimum absolute atomic E-state index is 0.211. The fourth-order valence-electron chi connectivity index (χ4n) is 1.56. The van der Waals surface area contributed by atoms with E-state index in [1.807, 2.05) is 109 Å². The molecule has 0 N–H and O–H groups in total. The van der Waals surface area contributed by atoms with Crippen LogP contribution in [0, 0.1) is 0 Å². The number of esters is 2. The van der Waals surface area contributed by atoms with E-state index in [2.05, 4.69) is 9.47 Å². The van der Waals surface area contributed by atoms with E-state index in [9.17, 15) is 9.59 Å². The van der Waals surface area contributed by atoms with Gasteiger partial charge in [0.1, 0.15) is 0 Å². The van der Waals surface area contributed by atoms with E-state index in [4.69, 9.17) is 0 Å². The standard InChI is InChI=1S/3C6H6.2C4H8O2/c3*1-2-4-6-5-3-1;2*1-3-6-4(2)5/h3*1-6H;2*3H2,1-2H3. The van der Waals surface area contributed by atoms with Gasteiger partial charge in [-0.1, -0.05) is 109 Å². The minimum Gasteiger partial charge on any atom is -0.466 e. The second kappa shape index (κ2) is 25.6. The molecule has 0 aliphatic rings. The summed E-state index contributed by atoms with van der Waals surface area (Å²) >= 11 is 0. The van der Waals surface area contributed by atoms with Crippen LogP contribution in [-0.2, 0) is 19.1 Å². The predicted molar refractivity (Wildman–Crippen MR) is 124 cm³/mol. The topological polar surface area (TPSA) is 52.6 Å². The Morgan fingerprint density at radius 3 is 0.600 bits per heavy atom. The van der Waals surface area contributed by atoms with Gasteiger partial charge in [-0.25, -0.2) is 0 Å². The van der Waals surface area contributed by atoms with Crippen LogP contribution in [0.4, 0.5) is 0 Å². The van der Waals surface area contributed by atoms with Crippen molar-refractivity contribution in [2.45, 2.75) is 27.7 Å². The molecule has 0 bridgehead atoms. The summed E-state index contributed by atoms with van der Waals surface area (Å²) in [7, 11) is 0. The van der Waals surface area contributed by atoms with Crippen molar-refractivity contribution in [3.63, 3.8) is 0 Å². The molecule has 4 heteroatoms. The highest BCUT2D eigenvalue weighted by Gasteiger charge is 1.82. The molecular formula is C26H34O4. The molecule has 0 saturated heterocycles. The molecule has 0 fully saturated rings. The molecular weight excluding hydrogens is 376 g/mol. The minimum atomic E-state index is -0.211. The van der Waals surface area contributed by atoms with Crippen LogP contribution in [0.15, 0.2) is 109 Å². The molecule has 0 radical (unpaired) electrons. The van der Waals surface area contributed by atoms with Gasteiger partial charge in [-0.2, -0.15) is 0 Å². The van der Waals surface area contributed by atoms with Crippen LogP contribution >= 0.6 is 0 Å². The molecule has 0 aliphatic carbocycles. The molecule has 0 saturated carbocycles. The first-order valence-corrected chi connectivity index (χ1v) is 9.81. The molecule has 0 atom stereocenters. The first kappa shape index (κ1) is 28.8. The third-order valence-corrected chi connectivity index (χ3v) is 2.70. The maximum atomic E-state index is 9.82. The zero-order valence-corrected chi connectivity index (χ0v) is 18.4. The smallest absolute Gasteiger partial charge is 0.302 e. The summed E-state index contributed by atoms with van der Waals surface area (Å²) in [6.45, 7) is 7.31. The van der Waals surface area contributed by atoms with Crippen molar-refractivity contribution in [1.82, 2.24) is 0 Å². The predicted octanol–water partition coefficient (Wildman–Crippen LogP) is 6.20.